The Balaban J connectivity index is 1.59. The SMILES string of the molecule is COc1cc(N2CCN(C(=O)CC[C@@]3(C)NC(=O)NC3=O)CC2)c(OC)cc1Cl. The lowest BCUT2D eigenvalue weighted by atomic mass is 9.96. The second-order valence-electron chi connectivity index (χ2n) is 7.27. The summed E-state index contributed by atoms with van der Waals surface area (Å²) in [6.07, 6.45) is 0.439. The van der Waals surface area contributed by atoms with Crippen LogP contribution in [0.3, 0.4) is 0 Å². The minimum Gasteiger partial charge on any atom is -0.495 e. The van der Waals surface area contributed by atoms with E-state index in [4.69, 9.17) is 21.1 Å². The zero-order valence-corrected chi connectivity index (χ0v) is 17.5. The van der Waals surface area contributed by atoms with Crippen LogP contribution < -0.4 is 25.0 Å². The number of hydrogen-bond acceptors (Lipinski definition) is 6. The summed E-state index contributed by atoms with van der Waals surface area (Å²) >= 11 is 6.17. The van der Waals surface area contributed by atoms with Crippen molar-refractivity contribution in [2.75, 3.05) is 45.3 Å². The zero-order chi connectivity index (χ0) is 21.2. The van der Waals surface area contributed by atoms with Crippen molar-refractivity contribution in [3.63, 3.8) is 0 Å². The van der Waals surface area contributed by atoms with Crippen molar-refractivity contribution in [3.8, 4) is 11.5 Å². The fourth-order valence-electron chi connectivity index (χ4n) is 3.56. The number of amides is 4. The molecule has 9 nitrogen and oxygen atoms in total. The van der Waals surface area contributed by atoms with E-state index in [-0.39, 0.29) is 18.7 Å². The van der Waals surface area contributed by atoms with E-state index in [9.17, 15) is 14.4 Å². The first-order valence-electron chi connectivity index (χ1n) is 9.35. The number of nitrogens with one attached hydrogen (secondary N) is 2. The van der Waals surface area contributed by atoms with Crippen LogP contribution >= 0.6 is 11.6 Å². The molecule has 0 saturated carbocycles. The number of urea groups is 1. The van der Waals surface area contributed by atoms with E-state index in [1.165, 1.54) is 0 Å². The molecule has 2 saturated heterocycles. The lowest BCUT2D eigenvalue weighted by Gasteiger charge is -2.37. The monoisotopic (exact) mass is 424 g/mol. The third-order valence-corrected chi connectivity index (χ3v) is 5.68. The number of halogens is 1. The average Bonchev–Trinajstić information content (AvgIpc) is 2.97. The van der Waals surface area contributed by atoms with E-state index >= 15 is 0 Å². The number of rotatable bonds is 6. The molecule has 10 heteroatoms. The molecule has 2 aliphatic rings. The van der Waals surface area contributed by atoms with Gasteiger partial charge in [-0.1, -0.05) is 11.6 Å². The highest BCUT2D eigenvalue weighted by Crippen LogP contribution is 2.38. The van der Waals surface area contributed by atoms with Crippen LogP contribution in [0.1, 0.15) is 19.8 Å². The van der Waals surface area contributed by atoms with Crippen molar-refractivity contribution < 1.29 is 23.9 Å². The van der Waals surface area contributed by atoms with Crippen LogP contribution in [0, 0.1) is 0 Å². The van der Waals surface area contributed by atoms with Gasteiger partial charge in [0.15, 0.2) is 0 Å². The highest BCUT2D eigenvalue weighted by Gasteiger charge is 2.42. The Kier molecular flexibility index (Phi) is 6.07. The molecule has 0 unspecified atom stereocenters. The number of carbonyl (C=O) groups is 3. The van der Waals surface area contributed by atoms with Gasteiger partial charge in [-0.05, 0) is 13.3 Å². The summed E-state index contributed by atoms with van der Waals surface area (Å²) in [5.41, 5.74) is -0.180. The third kappa shape index (κ3) is 4.34. The first-order valence-corrected chi connectivity index (χ1v) is 9.73. The highest BCUT2D eigenvalue weighted by molar-refractivity contribution is 6.32. The van der Waals surface area contributed by atoms with Gasteiger partial charge in [0.25, 0.3) is 5.91 Å². The van der Waals surface area contributed by atoms with Gasteiger partial charge in [0.1, 0.15) is 17.0 Å². The summed E-state index contributed by atoms with van der Waals surface area (Å²) in [6, 6.07) is 3.03. The quantitative estimate of drug-likeness (QED) is 0.669. The smallest absolute Gasteiger partial charge is 0.322 e. The minimum atomic E-state index is -1.04. The Hall–Kier alpha value is -2.68. The predicted molar refractivity (Wildman–Crippen MR) is 108 cm³/mol. The van der Waals surface area contributed by atoms with E-state index in [1.807, 2.05) is 6.07 Å². The van der Waals surface area contributed by atoms with Crippen LogP contribution in [0.5, 0.6) is 11.5 Å². The predicted octanol–water partition coefficient (Wildman–Crippen LogP) is 1.38. The number of hydrogen-bond donors (Lipinski definition) is 2. The van der Waals surface area contributed by atoms with Crippen LogP contribution in [0.25, 0.3) is 0 Å². The number of methoxy groups -OCH3 is 2. The molecule has 158 valence electrons. The van der Waals surface area contributed by atoms with Crippen LogP contribution in [0.15, 0.2) is 12.1 Å². The van der Waals surface area contributed by atoms with Crippen molar-refractivity contribution in [1.29, 1.82) is 0 Å². The molecule has 2 heterocycles. The highest BCUT2D eigenvalue weighted by atomic mass is 35.5. The Labute approximate surface area is 174 Å². The standard InChI is InChI=1S/C19H25ClN4O5/c1-19(17(26)21-18(27)22-19)5-4-16(25)24-8-6-23(7-9-24)13-11-14(28-2)12(20)10-15(13)29-3/h10-11H,4-9H2,1-3H3,(H2,21,22,26,27)/t19-/m1/s1. The second kappa shape index (κ2) is 8.36. The molecule has 29 heavy (non-hydrogen) atoms. The lowest BCUT2D eigenvalue weighted by Crippen LogP contribution is -2.50. The van der Waals surface area contributed by atoms with Crippen molar-refractivity contribution in [3.05, 3.63) is 17.2 Å². The van der Waals surface area contributed by atoms with Gasteiger partial charge < -0.3 is 24.6 Å². The first-order chi connectivity index (χ1) is 13.8. The number of piperazine rings is 1. The maximum atomic E-state index is 12.6. The molecular weight excluding hydrogens is 400 g/mol. The third-order valence-electron chi connectivity index (χ3n) is 5.38. The molecule has 0 radical (unpaired) electrons. The van der Waals surface area contributed by atoms with Crippen LogP contribution in [0.4, 0.5) is 10.5 Å². The summed E-state index contributed by atoms with van der Waals surface area (Å²) in [5.74, 6) is 0.766. The Bertz CT molecular complexity index is 825. The number of ether oxygens (including phenoxy) is 2. The lowest BCUT2D eigenvalue weighted by molar-refractivity contribution is -0.132. The molecule has 1 aromatic rings. The molecule has 2 aliphatic heterocycles. The maximum Gasteiger partial charge on any atom is 0.322 e. The topological polar surface area (TPSA) is 100 Å². The Morgan fingerprint density at radius 2 is 1.79 bits per heavy atom. The van der Waals surface area contributed by atoms with Crippen LogP contribution in [0.2, 0.25) is 5.02 Å². The molecule has 0 aromatic heterocycles. The van der Waals surface area contributed by atoms with Gasteiger partial charge >= 0.3 is 6.03 Å². The fraction of sp³-hybridized carbons (Fsp3) is 0.526. The fourth-order valence-corrected chi connectivity index (χ4v) is 3.79. The molecule has 0 spiro atoms. The number of imide groups is 1. The number of carbonyl (C=O) groups excluding carboxylic acids is 3. The first kappa shape index (κ1) is 21.0. The van der Waals surface area contributed by atoms with E-state index in [1.54, 1.807) is 32.1 Å². The number of anilines is 1. The van der Waals surface area contributed by atoms with E-state index < -0.39 is 17.5 Å². The molecule has 1 atom stereocenters. The molecule has 0 bridgehead atoms. The van der Waals surface area contributed by atoms with Gasteiger partial charge in [0.2, 0.25) is 5.91 Å². The van der Waals surface area contributed by atoms with E-state index in [0.717, 1.165) is 5.69 Å². The van der Waals surface area contributed by atoms with Crippen molar-refractivity contribution in [1.82, 2.24) is 15.5 Å². The maximum absolute atomic E-state index is 12.6. The van der Waals surface area contributed by atoms with E-state index in [0.29, 0.717) is 42.7 Å². The van der Waals surface area contributed by atoms with Crippen LogP contribution in [-0.4, -0.2) is 68.7 Å². The molecule has 4 amide bonds. The molecule has 3 rings (SSSR count). The summed E-state index contributed by atoms with van der Waals surface area (Å²) in [7, 11) is 3.14. The summed E-state index contributed by atoms with van der Waals surface area (Å²) in [5, 5.41) is 5.26. The zero-order valence-electron chi connectivity index (χ0n) is 16.7. The molecule has 1 aromatic carbocycles. The van der Waals surface area contributed by atoms with Crippen LogP contribution in [-0.2, 0) is 9.59 Å². The molecule has 2 fully saturated rings. The summed E-state index contributed by atoms with van der Waals surface area (Å²) in [6.45, 7) is 3.96. The largest absolute Gasteiger partial charge is 0.495 e. The Morgan fingerprint density at radius 1 is 1.14 bits per heavy atom. The summed E-state index contributed by atoms with van der Waals surface area (Å²) < 4.78 is 10.7. The van der Waals surface area contributed by atoms with E-state index in [2.05, 4.69) is 15.5 Å². The van der Waals surface area contributed by atoms with Gasteiger partial charge in [-0.2, -0.15) is 0 Å². The summed E-state index contributed by atoms with van der Waals surface area (Å²) in [4.78, 5) is 39.7. The van der Waals surface area contributed by atoms with Gasteiger partial charge in [-0.3, -0.25) is 14.9 Å². The van der Waals surface area contributed by atoms with Gasteiger partial charge in [-0.25, -0.2) is 4.79 Å². The van der Waals surface area contributed by atoms with Gasteiger partial charge in [0, 0.05) is 44.7 Å². The van der Waals surface area contributed by atoms with Crippen molar-refractivity contribution in [2.45, 2.75) is 25.3 Å². The normalized spacial score (nSPS) is 21.7. The minimum absolute atomic E-state index is 0.0412. The average molecular weight is 425 g/mol. The van der Waals surface area contributed by atoms with Gasteiger partial charge in [0.05, 0.1) is 24.9 Å². The molecule has 2 N–H and O–H groups in total. The second-order valence-corrected chi connectivity index (χ2v) is 7.67. The molecule has 0 aliphatic carbocycles. The Morgan fingerprint density at radius 3 is 2.34 bits per heavy atom. The van der Waals surface area contributed by atoms with Crippen molar-refractivity contribution >= 4 is 35.1 Å². The molecular formula is C19H25ClN4O5. The number of benzene rings is 1. The number of nitrogens with zero attached hydrogens (tertiary/aromatic N) is 2. The van der Waals surface area contributed by atoms with Crippen molar-refractivity contribution in [2.24, 2.45) is 0 Å². The van der Waals surface area contributed by atoms with Gasteiger partial charge in [-0.15, -0.1) is 0 Å².